The van der Waals surface area contributed by atoms with E-state index in [4.69, 9.17) is 4.52 Å². The summed E-state index contributed by atoms with van der Waals surface area (Å²) in [5.74, 6) is -0.746. The third-order valence-electron chi connectivity index (χ3n) is 4.26. The highest BCUT2D eigenvalue weighted by Gasteiger charge is 2.51. The lowest BCUT2D eigenvalue weighted by molar-refractivity contribution is -0.254. The summed E-state index contributed by atoms with van der Waals surface area (Å²) in [5, 5.41) is 13.0. The molecule has 0 aliphatic carbocycles. The molecule has 1 aromatic heterocycles. The van der Waals surface area contributed by atoms with Gasteiger partial charge in [0.15, 0.2) is 11.4 Å². The first-order valence-electron chi connectivity index (χ1n) is 7.77. The zero-order chi connectivity index (χ0) is 19.9. The molecule has 0 bridgehead atoms. The molecule has 1 N–H and O–H groups in total. The normalized spacial score (nSPS) is 19.4. The van der Waals surface area contributed by atoms with Crippen molar-refractivity contribution >= 4 is 15.9 Å². The first-order valence-corrected chi connectivity index (χ1v) is 9.21. The van der Waals surface area contributed by atoms with Crippen molar-refractivity contribution in [1.82, 2.24) is 14.4 Å². The largest absolute Gasteiger partial charge is 0.417 e. The molecule has 1 amide bonds. The number of aryl methyl sites for hydroxylation is 2. The van der Waals surface area contributed by atoms with Crippen molar-refractivity contribution in [3.63, 3.8) is 0 Å². The average Bonchev–Trinajstić information content (AvgIpc) is 2.85. The number of carbonyl (C=O) groups excluding carboxylic acids is 1. The third kappa shape index (κ3) is 3.86. The van der Waals surface area contributed by atoms with E-state index in [-0.39, 0.29) is 42.5 Å². The van der Waals surface area contributed by atoms with Crippen molar-refractivity contribution in [3.8, 4) is 0 Å². The maximum absolute atomic E-state index is 12.7. The fourth-order valence-electron chi connectivity index (χ4n) is 2.66. The van der Waals surface area contributed by atoms with Crippen LogP contribution in [0.15, 0.2) is 9.42 Å². The second-order valence-corrected chi connectivity index (χ2v) is 8.26. The number of aromatic nitrogens is 1. The lowest BCUT2D eigenvalue weighted by Gasteiger charge is -2.35. The fourth-order valence-corrected chi connectivity index (χ4v) is 4.37. The second-order valence-electron chi connectivity index (χ2n) is 6.39. The summed E-state index contributed by atoms with van der Waals surface area (Å²) < 4.78 is 69.4. The Bertz CT molecular complexity index is 761. The van der Waals surface area contributed by atoms with Gasteiger partial charge in [0.25, 0.3) is 0 Å². The van der Waals surface area contributed by atoms with Crippen LogP contribution in [0.2, 0.25) is 0 Å². The van der Waals surface area contributed by atoms with Crippen molar-refractivity contribution in [1.29, 1.82) is 0 Å². The maximum Gasteiger partial charge on any atom is 0.417 e. The highest BCUT2D eigenvalue weighted by atomic mass is 32.2. The van der Waals surface area contributed by atoms with Crippen LogP contribution >= 0.6 is 0 Å². The molecule has 2 rings (SSSR count). The molecule has 0 aromatic carbocycles. The summed E-state index contributed by atoms with van der Waals surface area (Å²) in [6.45, 7) is 3.18. The number of carbonyl (C=O) groups is 1. The first kappa shape index (κ1) is 20.6. The van der Waals surface area contributed by atoms with Gasteiger partial charge in [-0.2, -0.15) is 17.5 Å². The van der Waals surface area contributed by atoms with E-state index in [0.717, 1.165) is 9.21 Å². The van der Waals surface area contributed by atoms with Crippen LogP contribution in [0.3, 0.4) is 0 Å². The summed E-state index contributed by atoms with van der Waals surface area (Å²) >= 11 is 0. The number of sulfonamides is 1. The Morgan fingerprint density at radius 3 is 2.19 bits per heavy atom. The van der Waals surface area contributed by atoms with Gasteiger partial charge in [-0.05, 0) is 20.8 Å². The number of hydrogen-bond donors (Lipinski definition) is 1. The van der Waals surface area contributed by atoms with Gasteiger partial charge < -0.3 is 14.5 Å². The van der Waals surface area contributed by atoms with Gasteiger partial charge in [0.05, 0.1) is 6.42 Å². The minimum atomic E-state index is -4.93. The number of hydrogen-bond acceptors (Lipinski definition) is 6. The predicted molar refractivity (Wildman–Crippen MR) is 82.6 cm³/mol. The van der Waals surface area contributed by atoms with E-state index in [1.807, 2.05) is 0 Å². The molecule has 0 radical (unpaired) electrons. The highest BCUT2D eigenvalue weighted by molar-refractivity contribution is 7.89. The molecule has 2 heterocycles. The van der Waals surface area contributed by atoms with E-state index in [1.165, 1.54) is 13.8 Å². The smallest absolute Gasteiger partial charge is 0.380 e. The van der Waals surface area contributed by atoms with E-state index >= 15 is 0 Å². The van der Waals surface area contributed by atoms with Gasteiger partial charge >= 0.3 is 6.18 Å². The van der Waals surface area contributed by atoms with E-state index in [0.29, 0.717) is 6.92 Å². The summed E-state index contributed by atoms with van der Waals surface area (Å²) in [6.07, 6.45) is -6.05. The topological polar surface area (TPSA) is 104 Å². The molecule has 1 saturated heterocycles. The number of aliphatic hydroxyl groups is 1. The summed E-state index contributed by atoms with van der Waals surface area (Å²) in [4.78, 5) is 13.1. The SMILES string of the molecule is Cc1noc(C)c1S(=O)(=O)N1CCN(C(=O)C[C@](C)(O)C(F)(F)F)CC1. The molecular formula is C14H20F3N3O5S. The molecule has 0 saturated carbocycles. The van der Waals surface area contributed by atoms with Gasteiger partial charge in [-0.25, -0.2) is 8.42 Å². The molecule has 1 aliphatic rings. The van der Waals surface area contributed by atoms with Crippen molar-refractivity contribution in [2.75, 3.05) is 26.2 Å². The van der Waals surface area contributed by atoms with Crippen LogP contribution in [0, 0.1) is 13.8 Å². The van der Waals surface area contributed by atoms with Gasteiger partial charge in [-0.3, -0.25) is 4.79 Å². The molecule has 0 spiro atoms. The molecule has 1 aromatic rings. The molecule has 1 fully saturated rings. The highest BCUT2D eigenvalue weighted by Crippen LogP contribution is 2.33. The minimum Gasteiger partial charge on any atom is -0.380 e. The second kappa shape index (κ2) is 6.82. The van der Waals surface area contributed by atoms with Crippen LogP contribution in [0.25, 0.3) is 0 Å². The van der Waals surface area contributed by atoms with Gasteiger partial charge in [-0.1, -0.05) is 5.16 Å². The lowest BCUT2D eigenvalue weighted by atomic mass is 10.0. The third-order valence-corrected chi connectivity index (χ3v) is 6.41. The van der Waals surface area contributed by atoms with E-state index < -0.39 is 34.1 Å². The molecule has 1 aliphatic heterocycles. The molecule has 0 unspecified atom stereocenters. The first-order chi connectivity index (χ1) is 11.8. The Kier molecular flexibility index (Phi) is 5.41. The quantitative estimate of drug-likeness (QED) is 0.804. The fraction of sp³-hybridized carbons (Fsp3) is 0.714. The zero-order valence-electron chi connectivity index (χ0n) is 14.5. The molecule has 26 heavy (non-hydrogen) atoms. The van der Waals surface area contributed by atoms with E-state index in [1.54, 1.807) is 0 Å². The number of nitrogens with zero attached hydrogens (tertiary/aromatic N) is 3. The molecular weight excluding hydrogens is 379 g/mol. The van der Waals surface area contributed by atoms with Gasteiger partial charge in [0.2, 0.25) is 15.9 Å². The Morgan fingerprint density at radius 2 is 1.77 bits per heavy atom. The summed E-state index contributed by atoms with van der Waals surface area (Å²) in [5.41, 5.74) is -2.92. The van der Waals surface area contributed by atoms with Gasteiger partial charge in [-0.15, -0.1) is 0 Å². The van der Waals surface area contributed by atoms with Crippen LogP contribution in [-0.2, 0) is 14.8 Å². The molecule has 1 atom stereocenters. The number of piperazine rings is 1. The van der Waals surface area contributed by atoms with E-state index in [2.05, 4.69) is 5.16 Å². The Hall–Kier alpha value is -1.66. The van der Waals surface area contributed by atoms with Crippen LogP contribution in [0.4, 0.5) is 13.2 Å². The summed E-state index contributed by atoms with van der Waals surface area (Å²) in [7, 11) is -3.88. The predicted octanol–water partition coefficient (Wildman–Crippen LogP) is 0.828. The average molecular weight is 399 g/mol. The van der Waals surface area contributed by atoms with E-state index in [9.17, 15) is 31.5 Å². The lowest BCUT2D eigenvalue weighted by Crippen LogP contribution is -2.53. The van der Waals surface area contributed by atoms with Gasteiger partial charge in [0.1, 0.15) is 10.6 Å². The van der Waals surface area contributed by atoms with Crippen LogP contribution in [-0.4, -0.2) is 71.7 Å². The Balaban J connectivity index is 2.04. The van der Waals surface area contributed by atoms with Crippen molar-refractivity contribution in [2.24, 2.45) is 0 Å². The van der Waals surface area contributed by atoms with Crippen LogP contribution < -0.4 is 0 Å². The Labute approximate surface area is 148 Å². The Morgan fingerprint density at radius 1 is 1.23 bits per heavy atom. The number of amides is 1. The number of rotatable bonds is 4. The van der Waals surface area contributed by atoms with Crippen molar-refractivity contribution in [2.45, 2.75) is 43.9 Å². The number of halogens is 3. The number of alkyl halides is 3. The van der Waals surface area contributed by atoms with Crippen LogP contribution in [0.1, 0.15) is 24.8 Å². The minimum absolute atomic E-state index is 0.0442. The molecule has 12 heteroatoms. The zero-order valence-corrected chi connectivity index (χ0v) is 15.3. The monoisotopic (exact) mass is 399 g/mol. The standard InChI is InChI=1S/C14H20F3N3O5S/c1-9-12(10(2)25-18-9)26(23,24)20-6-4-19(5-7-20)11(21)8-13(3,22)14(15,16)17/h22H,4-8H2,1-3H3/t13-/m0/s1. The van der Waals surface area contributed by atoms with Crippen molar-refractivity contribution < 1.29 is 36.0 Å². The van der Waals surface area contributed by atoms with Crippen LogP contribution in [0.5, 0.6) is 0 Å². The van der Waals surface area contributed by atoms with Gasteiger partial charge in [0, 0.05) is 26.2 Å². The molecule has 8 nitrogen and oxygen atoms in total. The molecule has 148 valence electrons. The van der Waals surface area contributed by atoms with Crippen molar-refractivity contribution in [3.05, 3.63) is 11.5 Å². The maximum atomic E-state index is 12.7. The summed E-state index contributed by atoms with van der Waals surface area (Å²) in [6, 6.07) is 0.